The van der Waals surface area contributed by atoms with Gasteiger partial charge in [-0.3, -0.25) is 19.5 Å². The number of hydrogen-bond donors (Lipinski definition) is 2. The van der Waals surface area contributed by atoms with Gasteiger partial charge in [-0.2, -0.15) is 9.57 Å². The molecule has 3 heterocycles. The van der Waals surface area contributed by atoms with E-state index in [0.717, 1.165) is 4.31 Å². The number of halogens is 4. The van der Waals surface area contributed by atoms with Crippen molar-refractivity contribution in [1.82, 2.24) is 19.5 Å². The Hall–Kier alpha value is -4.20. The van der Waals surface area contributed by atoms with Crippen LogP contribution in [0.5, 0.6) is 0 Å². The van der Waals surface area contributed by atoms with E-state index in [2.05, 4.69) is 15.6 Å². The molecule has 0 spiro atoms. The second-order valence-electron chi connectivity index (χ2n) is 11.5. The fourth-order valence-electron chi connectivity index (χ4n) is 5.71. The largest absolute Gasteiger partial charge is 0.464 e. The molecule has 49 heavy (non-hydrogen) atoms. The molecule has 3 atom stereocenters. The molecule has 2 aromatic carbocycles. The predicted octanol–water partition coefficient (Wildman–Crippen LogP) is 3.89. The Morgan fingerprint density at radius 1 is 1.12 bits per heavy atom. The zero-order valence-corrected chi connectivity index (χ0v) is 28.2. The normalized spacial score (nSPS) is 19.7. The van der Waals surface area contributed by atoms with Gasteiger partial charge in [0.25, 0.3) is 11.8 Å². The van der Waals surface area contributed by atoms with Crippen LogP contribution in [0.1, 0.15) is 34.8 Å². The van der Waals surface area contributed by atoms with Gasteiger partial charge in [0.15, 0.2) is 0 Å². The number of amides is 2. The number of pyridine rings is 1. The van der Waals surface area contributed by atoms with E-state index in [1.165, 1.54) is 41.6 Å². The number of anilines is 1. The molecule has 2 aliphatic heterocycles. The third-order valence-corrected chi connectivity index (χ3v) is 10.6. The van der Waals surface area contributed by atoms with Gasteiger partial charge in [0.1, 0.15) is 12.1 Å². The van der Waals surface area contributed by atoms with E-state index < -0.39 is 64.9 Å². The van der Waals surface area contributed by atoms with Crippen LogP contribution in [0, 0.1) is 11.3 Å². The molecule has 2 N–H and O–H groups in total. The molecule has 3 aromatic rings. The SMILES string of the molecule is CCOC(=O)[C@H](Cc1ccc(NC(=O)c2c(Cl)cncc2Cl)cc1)NC(=O)C1CC(N2CC(F)(F)C2)CN1S(=O)(=O)c1cccc(C#N)c1. The van der Waals surface area contributed by atoms with E-state index in [4.69, 9.17) is 27.9 Å². The smallest absolute Gasteiger partial charge is 0.328 e. The van der Waals surface area contributed by atoms with Crippen LogP contribution < -0.4 is 10.6 Å². The van der Waals surface area contributed by atoms with Gasteiger partial charge < -0.3 is 15.4 Å². The van der Waals surface area contributed by atoms with Crippen molar-refractivity contribution < 1.29 is 36.3 Å². The Balaban J connectivity index is 1.35. The third kappa shape index (κ3) is 8.17. The van der Waals surface area contributed by atoms with Gasteiger partial charge in [-0.25, -0.2) is 22.0 Å². The lowest BCUT2D eigenvalue weighted by Gasteiger charge is -2.42. The number of aromatic nitrogens is 1. The van der Waals surface area contributed by atoms with Crippen molar-refractivity contribution in [1.29, 1.82) is 5.26 Å². The standard InChI is InChI=1S/C32H30Cl2F2N6O6S/c1-2-48-31(45)26(11-19-6-8-21(9-7-19)39-30(44)28-24(33)14-38-15-25(28)34)40-29(43)27-12-22(41-17-32(35,36)18-41)16-42(27)49(46,47)23-5-3-4-20(10-23)13-37/h3-10,14-15,22,26-27H,2,11-12,16-18H2,1H3,(H,39,44)(H,40,43)/t22?,26-,27?/m0/s1. The highest BCUT2D eigenvalue weighted by molar-refractivity contribution is 7.89. The third-order valence-electron chi connectivity index (χ3n) is 8.11. The number of benzene rings is 2. The topological polar surface area (TPSA) is 162 Å². The molecule has 0 radical (unpaired) electrons. The minimum absolute atomic E-state index is 0.000704. The number of rotatable bonds is 11. The highest BCUT2D eigenvalue weighted by Crippen LogP contribution is 2.36. The molecular formula is C32H30Cl2F2N6O6S. The Kier molecular flexibility index (Phi) is 10.9. The summed E-state index contributed by atoms with van der Waals surface area (Å²) in [4.78, 5) is 44.6. The molecule has 2 amide bonds. The van der Waals surface area contributed by atoms with Gasteiger partial charge in [-0.15, -0.1) is 0 Å². The van der Waals surface area contributed by atoms with Crippen molar-refractivity contribution in [3.63, 3.8) is 0 Å². The number of likely N-dealkylation sites (tertiary alicyclic amines) is 1. The molecule has 0 bridgehead atoms. The summed E-state index contributed by atoms with van der Waals surface area (Å²) in [5, 5.41) is 14.7. The van der Waals surface area contributed by atoms with E-state index in [9.17, 15) is 36.8 Å². The number of carbonyl (C=O) groups excluding carboxylic acids is 3. The highest BCUT2D eigenvalue weighted by Gasteiger charge is 2.53. The first-order chi connectivity index (χ1) is 23.2. The molecule has 258 valence electrons. The van der Waals surface area contributed by atoms with Crippen LogP contribution in [-0.4, -0.2) is 90.7 Å². The second-order valence-corrected chi connectivity index (χ2v) is 14.2. The summed E-state index contributed by atoms with van der Waals surface area (Å²) < 4.78 is 61.2. The number of esters is 1. The molecule has 17 heteroatoms. The van der Waals surface area contributed by atoms with E-state index in [1.54, 1.807) is 31.2 Å². The summed E-state index contributed by atoms with van der Waals surface area (Å²) in [5.74, 6) is -5.08. The number of nitriles is 1. The second kappa shape index (κ2) is 14.7. The van der Waals surface area contributed by atoms with Crippen LogP contribution in [0.4, 0.5) is 14.5 Å². The Bertz CT molecular complexity index is 1880. The van der Waals surface area contributed by atoms with Gasteiger partial charge in [0.2, 0.25) is 15.9 Å². The minimum atomic E-state index is -4.37. The Labute approximate surface area is 291 Å². The average molecular weight is 736 g/mol. The van der Waals surface area contributed by atoms with Crippen LogP contribution in [0.3, 0.4) is 0 Å². The average Bonchev–Trinajstić information content (AvgIpc) is 3.51. The number of alkyl halides is 2. The van der Waals surface area contributed by atoms with Crippen LogP contribution >= 0.6 is 23.2 Å². The first-order valence-corrected chi connectivity index (χ1v) is 17.2. The summed E-state index contributed by atoms with van der Waals surface area (Å²) >= 11 is 12.1. The first-order valence-electron chi connectivity index (χ1n) is 15.0. The Morgan fingerprint density at radius 3 is 2.41 bits per heavy atom. The predicted molar refractivity (Wildman–Crippen MR) is 175 cm³/mol. The van der Waals surface area contributed by atoms with Gasteiger partial charge in [-0.05, 0) is 49.2 Å². The van der Waals surface area contributed by atoms with Crippen molar-refractivity contribution in [2.24, 2.45) is 0 Å². The zero-order valence-electron chi connectivity index (χ0n) is 25.9. The van der Waals surface area contributed by atoms with Crippen molar-refractivity contribution in [2.45, 2.75) is 48.7 Å². The van der Waals surface area contributed by atoms with Gasteiger partial charge in [0.05, 0.1) is 51.8 Å². The first kappa shape index (κ1) is 36.1. The molecule has 1 aromatic heterocycles. The summed E-state index contributed by atoms with van der Waals surface area (Å²) in [6.07, 6.45) is 2.40. The molecule has 2 aliphatic rings. The zero-order chi connectivity index (χ0) is 35.5. The maximum Gasteiger partial charge on any atom is 0.328 e. The molecule has 0 aliphatic carbocycles. The highest BCUT2D eigenvalue weighted by atomic mass is 35.5. The molecular weight excluding hydrogens is 705 g/mol. The molecule has 0 saturated carbocycles. The van der Waals surface area contributed by atoms with Crippen molar-refractivity contribution in [3.05, 3.63) is 87.7 Å². The number of hydrogen-bond acceptors (Lipinski definition) is 9. The lowest BCUT2D eigenvalue weighted by Crippen LogP contribution is -2.60. The maximum atomic E-state index is 13.8. The van der Waals surface area contributed by atoms with Crippen LogP contribution in [-0.2, 0) is 30.8 Å². The lowest BCUT2D eigenvalue weighted by atomic mass is 10.0. The molecule has 2 fully saturated rings. The van der Waals surface area contributed by atoms with Crippen LogP contribution in [0.2, 0.25) is 10.0 Å². The monoisotopic (exact) mass is 734 g/mol. The Morgan fingerprint density at radius 2 is 1.80 bits per heavy atom. The molecule has 2 unspecified atom stereocenters. The number of carbonyl (C=O) groups is 3. The number of nitrogens with one attached hydrogen (secondary N) is 2. The summed E-state index contributed by atoms with van der Waals surface area (Å²) in [6, 6.07) is 10.2. The van der Waals surface area contributed by atoms with Gasteiger partial charge in [0, 0.05) is 37.1 Å². The lowest BCUT2D eigenvalue weighted by molar-refractivity contribution is -0.148. The van der Waals surface area contributed by atoms with Gasteiger partial charge in [-0.1, -0.05) is 41.4 Å². The van der Waals surface area contributed by atoms with E-state index in [1.807, 2.05) is 6.07 Å². The molecule has 2 saturated heterocycles. The summed E-state index contributed by atoms with van der Waals surface area (Å²) in [5.41, 5.74) is 1.06. The van der Waals surface area contributed by atoms with E-state index in [-0.39, 0.29) is 52.1 Å². The van der Waals surface area contributed by atoms with Crippen molar-refractivity contribution >= 4 is 56.7 Å². The molecule has 5 rings (SSSR count). The van der Waals surface area contributed by atoms with Crippen LogP contribution in [0.25, 0.3) is 0 Å². The van der Waals surface area contributed by atoms with E-state index >= 15 is 0 Å². The van der Waals surface area contributed by atoms with Crippen LogP contribution in [0.15, 0.2) is 65.8 Å². The molecule has 12 nitrogen and oxygen atoms in total. The van der Waals surface area contributed by atoms with Crippen molar-refractivity contribution in [2.75, 3.05) is 31.6 Å². The minimum Gasteiger partial charge on any atom is -0.464 e. The quantitative estimate of drug-likeness (QED) is 0.279. The van der Waals surface area contributed by atoms with Crippen molar-refractivity contribution in [3.8, 4) is 6.07 Å². The summed E-state index contributed by atoms with van der Waals surface area (Å²) in [7, 11) is -4.37. The number of sulfonamides is 1. The van der Waals surface area contributed by atoms with Gasteiger partial charge >= 0.3 is 5.97 Å². The fourth-order valence-corrected chi connectivity index (χ4v) is 7.92. The van der Waals surface area contributed by atoms with E-state index in [0.29, 0.717) is 11.3 Å². The summed E-state index contributed by atoms with van der Waals surface area (Å²) in [6.45, 7) is 0.188. The maximum absolute atomic E-state index is 13.8. The number of nitrogens with zero attached hydrogens (tertiary/aromatic N) is 4. The number of ether oxygens (including phenoxy) is 1. The fraction of sp³-hybridized carbons (Fsp3) is 0.344.